The van der Waals surface area contributed by atoms with Gasteiger partial charge < -0.3 is 10.4 Å². The monoisotopic (exact) mass is 252 g/mol. The van der Waals surface area contributed by atoms with Crippen LogP contribution in [0.4, 0.5) is 5.69 Å². The highest BCUT2D eigenvalue weighted by molar-refractivity contribution is 6.32. The van der Waals surface area contributed by atoms with Gasteiger partial charge in [0.1, 0.15) is 6.07 Å². The van der Waals surface area contributed by atoms with Crippen LogP contribution in [0.2, 0.25) is 5.02 Å². The summed E-state index contributed by atoms with van der Waals surface area (Å²) in [6.45, 7) is 6.16. The van der Waals surface area contributed by atoms with Gasteiger partial charge in [-0.3, -0.25) is 0 Å². The van der Waals surface area contributed by atoms with Crippen molar-refractivity contribution in [3.63, 3.8) is 0 Å². The maximum Gasteiger partial charge on any atom is 0.101 e. The van der Waals surface area contributed by atoms with E-state index in [1.807, 2.05) is 19.9 Å². The van der Waals surface area contributed by atoms with Crippen LogP contribution >= 0.6 is 11.6 Å². The van der Waals surface area contributed by atoms with Crippen molar-refractivity contribution in [3.8, 4) is 6.07 Å². The molecule has 0 radical (unpaired) electrons. The van der Waals surface area contributed by atoms with Crippen LogP contribution in [0.25, 0.3) is 0 Å². The molecule has 0 saturated heterocycles. The molecule has 1 aromatic carbocycles. The molecule has 0 aromatic heterocycles. The SMILES string of the molecule is CC(C)C(C)(O)CNc1ccc(C#N)c(Cl)c1. The zero-order chi connectivity index (χ0) is 13.1. The lowest BCUT2D eigenvalue weighted by Crippen LogP contribution is -2.38. The molecule has 0 aliphatic rings. The molecule has 92 valence electrons. The number of anilines is 1. The second-order valence-electron chi connectivity index (χ2n) is 4.67. The molecule has 0 fully saturated rings. The van der Waals surface area contributed by atoms with Crippen LogP contribution in [0.1, 0.15) is 26.3 Å². The lowest BCUT2D eigenvalue weighted by Gasteiger charge is -2.28. The van der Waals surface area contributed by atoms with Crippen molar-refractivity contribution in [3.05, 3.63) is 28.8 Å². The maximum absolute atomic E-state index is 10.1. The second-order valence-corrected chi connectivity index (χ2v) is 5.08. The van der Waals surface area contributed by atoms with Gasteiger partial charge in [0, 0.05) is 12.2 Å². The summed E-state index contributed by atoms with van der Waals surface area (Å²) in [5.74, 6) is 0.156. The van der Waals surface area contributed by atoms with Crippen LogP contribution in [0, 0.1) is 17.2 Å². The first kappa shape index (κ1) is 13.8. The molecule has 0 bridgehead atoms. The molecule has 1 unspecified atom stereocenters. The Bertz CT molecular complexity index is 436. The van der Waals surface area contributed by atoms with Crippen molar-refractivity contribution in [1.82, 2.24) is 0 Å². The molecule has 2 N–H and O–H groups in total. The van der Waals surface area contributed by atoms with Crippen molar-refractivity contribution >= 4 is 17.3 Å². The fourth-order valence-electron chi connectivity index (χ4n) is 1.20. The van der Waals surface area contributed by atoms with Crippen molar-refractivity contribution in [2.45, 2.75) is 26.4 Å². The molecule has 17 heavy (non-hydrogen) atoms. The minimum atomic E-state index is -0.777. The van der Waals surface area contributed by atoms with Crippen LogP contribution in [0.3, 0.4) is 0 Å². The average molecular weight is 253 g/mol. The molecule has 0 aliphatic carbocycles. The summed E-state index contributed by atoms with van der Waals surface area (Å²) in [5.41, 5.74) is 0.475. The highest BCUT2D eigenvalue weighted by Crippen LogP contribution is 2.22. The van der Waals surface area contributed by atoms with Crippen LogP contribution in [0.15, 0.2) is 18.2 Å². The number of benzene rings is 1. The third kappa shape index (κ3) is 3.62. The third-order valence-electron chi connectivity index (χ3n) is 2.98. The number of hydrogen-bond donors (Lipinski definition) is 2. The molecule has 0 spiro atoms. The Morgan fingerprint density at radius 2 is 2.18 bits per heavy atom. The molecule has 1 aromatic rings. The van der Waals surface area contributed by atoms with Crippen molar-refractivity contribution < 1.29 is 5.11 Å². The Morgan fingerprint density at radius 3 is 2.65 bits per heavy atom. The number of nitrogens with one attached hydrogen (secondary N) is 1. The molecule has 4 heteroatoms. The Kier molecular flexibility index (Phi) is 4.39. The van der Waals surface area contributed by atoms with E-state index < -0.39 is 5.60 Å². The van der Waals surface area contributed by atoms with E-state index in [0.29, 0.717) is 17.1 Å². The van der Waals surface area contributed by atoms with Crippen LogP contribution < -0.4 is 5.32 Å². The molecule has 1 rings (SSSR count). The molecule has 3 nitrogen and oxygen atoms in total. The van der Waals surface area contributed by atoms with Gasteiger partial charge in [0.05, 0.1) is 16.2 Å². The van der Waals surface area contributed by atoms with Crippen LogP contribution in [-0.4, -0.2) is 17.3 Å². The Hall–Kier alpha value is -1.24. The first-order chi connectivity index (χ1) is 7.86. The van der Waals surface area contributed by atoms with Crippen LogP contribution in [-0.2, 0) is 0 Å². The van der Waals surface area contributed by atoms with Gasteiger partial charge in [0.25, 0.3) is 0 Å². The lowest BCUT2D eigenvalue weighted by atomic mass is 9.92. The third-order valence-corrected chi connectivity index (χ3v) is 3.30. The smallest absolute Gasteiger partial charge is 0.101 e. The molecule has 0 saturated carbocycles. The van der Waals surface area contributed by atoms with Gasteiger partial charge >= 0.3 is 0 Å². The second kappa shape index (κ2) is 5.39. The minimum Gasteiger partial charge on any atom is -0.388 e. The summed E-state index contributed by atoms with van der Waals surface area (Å²) in [4.78, 5) is 0. The zero-order valence-corrected chi connectivity index (χ0v) is 11.0. The van der Waals surface area contributed by atoms with E-state index in [-0.39, 0.29) is 5.92 Å². The Morgan fingerprint density at radius 1 is 1.53 bits per heavy atom. The van der Waals surface area contributed by atoms with Gasteiger partial charge in [0.15, 0.2) is 0 Å². The largest absolute Gasteiger partial charge is 0.388 e. The number of nitriles is 1. The highest BCUT2D eigenvalue weighted by Gasteiger charge is 2.24. The molecule has 0 heterocycles. The fraction of sp³-hybridized carbons (Fsp3) is 0.462. The highest BCUT2D eigenvalue weighted by atomic mass is 35.5. The van der Waals surface area contributed by atoms with Gasteiger partial charge in [-0.15, -0.1) is 0 Å². The first-order valence-electron chi connectivity index (χ1n) is 5.52. The minimum absolute atomic E-state index is 0.156. The molecule has 1 atom stereocenters. The van der Waals surface area contributed by atoms with E-state index in [0.717, 1.165) is 5.69 Å². The maximum atomic E-state index is 10.1. The van der Waals surface area contributed by atoms with Gasteiger partial charge in [0.2, 0.25) is 0 Å². The summed E-state index contributed by atoms with van der Waals surface area (Å²) in [6.07, 6.45) is 0. The Balaban J connectivity index is 2.72. The van der Waals surface area contributed by atoms with E-state index >= 15 is 0 Å². The first-order valence-corrected chi connectivity index (χ1v) is 5.90. The van der Waals surface area contributed by atoms with Crippen molar-refractivity contribution in [2.24, 2.45) is 5.92 Å². The fourth-order valence-corrected chi connectivity index (χ4v) is 1.42. The standard InChI is InChI=1S/C13H17ClN2O/c1-9(2)13(3,17)8-16-11-5-4-10(7-15)12(14)6-11/h4-6,9,16-17H,8H2,1-3H3. The number of rotatable bonds is 4. The Labute approximate surface area is 107 Å². The van der Waals surface area contributed by atoms with Gasteiger partial charge in [-0.05, 0) is 31.0 Å². The van der Waals surface area contributed by atoms with E-state index in [4.69, 9.17) is 16.9 Å². The molecular formula is C13H17ClN2O. The molecule has 0 amide bonds. The molecular weight excluding hydrogens is 236 g/mol. The normalized spacial score (nSPS) is 14.2. The summed E-state index contributed by atoms with van der Waals surface area (Å²) in [5, 5.41) is 22.4. The zero-order valence-electron chi connectivity index (χ0n) is 10.3. The van der Waals surface area contributed by atoms with E-state index in [1.54, 1.807) is 25.1 Å². The summed E-state index contributed by atoms with van der Waals surface area (Å²) >= 11 is 5.92. The van der Waals surface area contributed by atoms with Crippen molar-refractivity contribution in [2.75, 3.05) is 11.9 Å². The summed E-state index contributed by atoms with van der Waals surface area (Å²) in [6, 6.07) is 7.13. The van der Waals surface area contributed by atoms with Crippen LogP contribution in [0.5, 0.6) is 0 Å². The van der Waals surface area contributed by atoms with E-state index in [1.165, 1.54) is 0 Å². The topological polar surface area (TPSA) is 56.0 Å². The van der Waals surface area contributed by atoms with Gasteiger partial charge in [-0.2, -0.15) is 5.26 Å². The summed E-state index contributed by atoms with van der Waals surface area (Å²) in [7, 11) is 0. The van der Waals surface area contributed by atoms with Crippen molar-refractivity contribution in [1.29, 1.82) is 5.26 Å². The number of hydrogen-bond acceptors (Lipinski definition) is 3. The predicted octanol–water partition coefficient (Wildman–Crippen LogP) is 3.03. The number of nitrogens with zero attached hydrogens (tertiary/aromatic N) is 1. The quantitative estimate of drug-likeness (QED) is 0.866. The number of aliphatic hydroxyl groups is 1. The average Bonchev–Trinajstić information content (AvgIpc) is 2.26. The molecule has 0 aliphatic heterocycles. The van der Waals surface area contributed by atoms with E-state index in [2.05, 4.69) is 5.32 Å². The van der Waals surface area contributed by atoms with Gasteiger partial charge in [-0.1, -0.05) is 25.4 Å². The van der Waals surface area contributed by atoms with Gasteiger partial charge in [-0.25, -0.2) is 0 Å². The summed E-state index contributed by atoms with van der Waals surface area (Å²) < 4.78 is 0. The number of halogens is 1. The lowest BCUT2D eigenvalue weighted by molar-refractivity contribution is 0.0266. The predicted molar refractivity (Wildman–Crippen MR) is 70.1 cm³/mol. The van der Waals surface area contributed by atoms with E-state index in [9.17, 15) is 5.11 Å².